The normalized spacial score (nSPS) is 19.2. The summed E-state index contributed by atoms with van der Waals surface area (Å²) < 4.78 is 0. The molecule has 0 bridgehead atoms. The van der Waals surface area contributed by atoms with Gasteiger partial charge in [0.2, 0.25) is 5.91 Å². The summed E-state index contributed by atoms with van der Waals surface area (Å²) in [7, 11) is 0. The lowest BCUT2D eigenvalue weighted by Crippen LogP contribution is -2.29. The summed E-state index contributed by atoms with van der Waals surface area (Å²) in [6.07, 6.45) is 2.41. The van der Waals surface area contributed by atoms with Crippen LogP contribution < -0.4 is 10.6 Å². The summed E-state index contributed by atoms with van der Waals surface area (Å²) in [5.74, 6) is 0.521. The van der Waals surface area contributed by atoms with E-state index in [-0.39, 0.29) is 18.3 Å². The molecule has 1 saturated heterocycles. The number of benzene rings is 1. The van der Waals surface area contributed by atoms with E-state index in [1.807, 2.05) is 18.2 Å². The molecule has 0 aliphatic carbocycles. The minimum absolute atomic E-state index is 0. The van der Waals surface area contributed by atoms with Gasteiger partial charge in [-0.05, 0) is 36.9 Å². The molecular weight excluding hydrogens is 236 g/mol. The van der Waals surface area contributed by atoms with Gasteiger partial charge in [0.15, 0.2) is 0 Å². The van der Waals surface area contributed by atoms with Crippen LogP contribution in [0.4, 0.5) is 5.69 Å². The monoisotopic (exact) mass is 254 g/mol. The molecule has 2 N–H and O–H groups in total. The second-order valence-corrected chi connectivity index (χ2v) is 4.31. The number of hydrogen-bond donors (Lipinski definition) is 2. The van der Waals surface area contributed by atoms with E-state index in [9.17, 15) is 4.79 Å². The number of carbonyl (C=O) groups excluding carboxylic acids is 1. The minimum Gasteiger partial charge on any atom is -0.326 e. The van der Waals surface area contributed by atoms with E-state index in [0.29, 0.717) is 5.92 Å². The van der Waals surface area contributed by atoms with E-state index in [2.05, 4.69) is 16.7 Å². The van der Waals surface area contributed by atoms with Crippen molar-refractivity contribution in [3.63, 3.8) is 0 Å². The first-order valence-electron chi connectivity index (χ1n) is 5.84. The molecule has 1 aliphatic rings. The highest BCUT2D eigenvalue weighted by atomic mass is 35.5. The molecule has 1 aliphatic heterocycles. The Morgan fingerprint density at radius 3 is 2.82 bits per heavy atom. The number of nitrogens with one attached hydrogen (secondary N) is 2. The molecule has 0 saturated carbocycles. The number of carbonyl (C=O) groups is 1. The van der Waals surface area contributed by atoms with Crippen LogP contribution in [0.5, 0.6) is 0 Å². The van der Waals surface area contributed by atoms with Crippen LogP contribution in [-0.2, 0) is 4.79 Å². The highest BCUT2D eigenvalue weighted by Crippen LogP contribution is 2.29. The number of hydrogen-bond acceptors (Lipinski definition) is 2. The van der Waals surface area contributed by atoms with Crippen molar-refractivity contribution >= 4 is 24.0 Å². The smallest absolute Gasteiger partial charge is 0.221 e. The molecule has 1 atom stereocenters. The Kier molecular flexibility index (Phi) is 5.45. The van der Waals surface area contributed by atoms with Gasteiger partial charge in [0.25, 0.3) is 0 Å². The van der Waals surface area contributed by atoms with Gasteiger partial charge < -0.3 is 10.6 Å². The van der Waals surface area contributed by atoms with Crippen LogP contribution in [0.25, 0.3) is 0 Å². The Balaban J connectivity index is 0.00000144. The standard InChI is InChI=1S/C13H18N2O.ClH/c1-10(16)15-13-7-3-2-6-12(13)11-5-4-8-14-9-11;/h2-3,6-7,11,14H,4-5,8-9H2,1H3,(H,15,16);1H/t11-;/m1./s1. The van der Waals surface area contributed by atoms with Gasteiger partial charge in [-0.2, -0.15) is 0 Å². The Morgan fingerprint density at radius 2 is 2.18 bits per heavy atom. The zero-order chi connectivity index (χ0) is 11.4. The molecule has 17 heavy (non-hydrogen) atoms. The Bertz CT molecular complexity index is 375. The molecule has 94 valence electrons. The van der Waals surface area contributed by atoms with Gasteiger partial charge in [0.05, 0.1) is 0 Å². The van der Waals surface area contributed by atoms with Gasteiger partial charge in [-0.1, -0.05) is 18.2 Å². The van der Waals surface area contributed by atoms with Gasteiger partial charge in [-0.3, -0.25) is 4.79 Å². The van der Waals surface area contributed by atoms with Crippen molar-refractivity contribution in [3.05, 3.63) is 29.8 Å². The third kappa shape index (κ3) is 3.72. The van der Waals surface area contributed by atoms with Gasteiger partial charge in [0, 0.05) is 19.2 Å². The summed E-state index contributed by atoms with van der Waals surface area (Å²) in [6, 6.07) is 8.09. The number of piperidine rings is 1. The van der Waals surface area contributed by atoms with E-state index in [1.165, 1.54) is 18.4 Å². The van der Waals surface area contributed by atoms with E-state index in [1.54, 1.807) is 6.92 Å². The Labute approximate surface area is 108 Å². The molecule has 0 radical (unpaired) electrons. The predicted octanol–water partition coefficient (Wildman–Crippen LogP) is 2.53. The molecule has 1 fully saturated rings. The van der Waals surface area contributed by atoms with Crippen molar-refractivity contribution < 1.29 is 4.79 Å². The van der Waals surface area contributed by atoms with Crippen molar-refractivity contribution in [2.24, 2.45) is 0 Å². The third-order valence-corrected chi connectivity index (χ3v) is 3.01. The summed E-state index contributed by atoms with van der Waals surface area (Å²) in [4.78, 5) is 11.1. The third-order valence-electron chi connectivity index (χ3n) is 3.01. The van der Waals surface area contributed by atoms with E-state index < -0.39 is 0 Å². The lowest BCUT2D eigenvalue weighted by atomic mass is 9.90. The van der Waals surface area contributed by atoms with Crippen LogP contribution in [0.15, 0.2) is 24.3 Å². The molecule has 0 unspecified atom stereocenters. The first-order valence-corrected chi connectivity index (χ1v) is 5.84. The van der Waals surface area contributed by atoms with E-state index in [4.69, 9.17) is 0 Å². The van der Waals surface area contributed by atoms with Gasteiger partial charge >= 0.3 is 0 Å². The van der Waals surface area contributed by atoms with Crippen LogP contribution in [0.1, 0.15) is 31.2 Å². The van der Waals surface area contributed by atoms with Crippen molar-refractivity contribution in [2.45, 2.75) is 25.7 Å². The van der Waals surface area contributed by atoms with Gasteiger partial charge in [-0.25, -0.2) is 0 Å². The maximum Gasteiger partial charge on any atom is 0.221 e. The van der Waals surface area contributed by atoms with Crippen molar-refractivity contribution in [1.82, 2.24) is 5.32 Å². The fourth-order valence-electron chi connectivity index (χ4n) is 2.27. The number of para-hydroxylation sites is 1. The number of halogens is 1. The van der Waals surface area contributed by atoms with Crippen LogP contribution in [0.3, 0.4) is 0 Å². The van der Waals surface area contributed by atoms with Gasteiger partial charge in [-0.15, -0.1) is 12.4 Å². The lowest BCUT2D eigenvalue weighted by Gasteiger charge is -2.25. The molecule has 4 heteroatoms. The zero-order valence-corrected chi connectivity index (χ0v) is 10.8. The maximum absolute atomic E-state index is 11.1. The number of rotatable bonds is 2. The highest BCUT2D eigenvalue weighted by molar-refractivity contribution is 5.89. The van der Waals surface area contributed by atoms with Crippen molar-refractivity contribution in [3.8, 4) is 0 Å². The quantitative estimate of drug-likeness (QED) is 0.852. The zero-order valence-electron chi connectivity index (χ0n) is 10.0. The van der Waals surface area contributed by atoms with E-state index >= 15 is 0 Å². The second kappa shape index (κ2) is 6.62. The van der Waals surface area contributed by atoms with Crippen LogP contribution in [-0.4, -0.2) is 19.0 Å². The molecule has 1 aromatic rings. The van der Waals surface area contributed by atoms with Crippen LogP contribution in [0, 0.1) is 0 Å². The molecule has 0 aromatic heterocycles. The lowest BCUT2D eigenvalue weighted by molar-refractivity contribution is -0.114. The number of amides is 1. The molecular formula is C13H19ClN2O. The Morgan fingerprint density at radius 1 is 1.41 bits per heavy atom. The fourth-order valence-corrected chi connectivity index (χ4v) is 2.27. The highest BCUT2D eigenvalue weighted by Gasteiger charge is 2.17. The molecule has 1 heterocycles. The van der Waals surface area contributed by atoms with Crippen molar-refractivity contribution in [1.29, 1.82) is 0 Å². The SMILES string of the molecule is CC(=O)Nc1ccccc1[C@@H]1CCCNC1.Cl. The number of anilines is 1. The molecule has 1 aromatic carbocycles. The molecule has 2 rings (SSSR count). The second-order valence-electron chi connectivity index (χ2n) is 4.31. The first-order chi connectivity index (χ1) is 7.77. The topological polar surface area (TPSA) is 41.1 Å². The fraction of sp³-hybridized carbons (Fsp3) is 0.462. The summed E-state index contributed by atoms with van der Waals surface area (Å²) in [6.45, 7) is 3.67. The minimum atomic E-state index is -0.00350. The van der Waals surface area contributed by atoms with Gasteiger partial charge in [0.1, 0.15) is 0 Å². The molecule has 1 amide bonds. The van der Waals surface area contributed by atoms with Crippen LogP contribution in [0.2, 0.25) is 0 Å². The van der Waals surface area contributed by atoms with E-state index in [0.717, 1.165) is 18.8 Å². The average molecular weight is 255 g/mol. The van der Waals surface area contributed by atoms with Crippen LogP contribution >= 0.6 is 12.4 Å². The summed E-state index contributed by atoms with van der Waals surface area (Å²) in [5, 5.41) is 6.31. The average Bonchev–Trinajstić information content (AvgIpc) is 2.30. The summed E-state index contributed by atoms with van der Waals surface area (Å²) in [5.41, 5.74) is 2.22. The first kappa shape index (κ1) is 14.0. The maximum atomic E-state index is 11.1. The molecule has 0 spiro atoms. The predicted molar refractivity (Wildman–Crippen MR) is 72.8 cm³/mol. The summed E-state index contributed by atoms with van der Waals surface area (Å²) >= 11 is 0. The Hall–Kier alpha value is -1.06. The molecule has 3 nitrogen and oxygen atoms in total. The van der Waals surface area contributed by atoms with Crippen molar-refractivity contribution in [2.75, 3.05) is 18.4 Å². The largest absolute Gasteiger partial charge is 0.326 e.